The van der Waals surface area contributed by atoms with Gasteiger partial charge in [0.1, 0.15) is 11.6 Å². The minimum absolute atomic E-state index is 0.146. The number of benzene rings is 3. The van der Waals surface area contributed by atoms with Crippen molar-refractivity contribution in [2.75, 3.05) is 5.32 Å². The summed E-state index contributed by atoms with van der Waals surface area (Å²) in [5.41, 5.74) is 4.10. The number of hydrazone groups is 1. The number of hydrogen-bond donors (Lipinski definition) is 2. The molecule has 0 aliphatic heterocycles. The number of para-hydroxylation sites is 1. The van der Waals surface area contributed by atoms with Crippen molar-refractivity contribution in [1.82, 2.24) is 5.43 Å². The first-order chi connectivity index (χ1) is 15.7. The second-order valence-electron chi connectivity index (χ2n) is 6.97. The van der Waals surface area contributed by atoms with E-state index in [1.54, 1.807) is 55.5 Å². The molecule has 0 atom stereocenters. The van der Waals surface area contributed by atoms with Gasteiger partial charge >= 0.3 is 17.8 Å². The highest BCUT2D eigenvalue weighted by Crippen LogP contribution is 2.21. The second-order valence-corrected chi connectivity index (χ2v) is 7.88. The van der Waals surface area contributed by atoms with Crippen LogP contribution in [-0.4, -0.2) is 23.5 Å². The number of ether oxygens (including phenoxy) is 1. The zero-order chi connectivity index (χ0) is 24.0. The van der Waals surface area contributed by atoms with E-state index in [2.05, 4.69) is 31.8 Å². The fraction of sp³-hybridized carbons (Fsp3) is 0.0833. The predicted molar refractivity (Wildman–Crippen MR) is 126 cm³/mol. The molecule has 0 saturated heterocycles. The molecule has 0 spiro atoms. The van der Waals surface area contributed by atoms with Crippen LogP contribution in [0.25, 0.3) is 0 Å². The number of carbonyl (C=O) groups excluding carboxylic acids is 3. The van der Waals surface area contributed by atoms with Crippen molar-refractivity contribution in [2.45, 2.75) is 13.8 Å². The van der Waals surface area contributed by atoms with Gasteiger partial charge in [-0.05, 0) is 56.3 Å². The molecule has 0 saturated carbocycles. The quantitative estimate of drug-likeness (QED) is 0.172. The van der Waals surface area contributed by atoms with E-state index in [1.165, 1.54) is 12.1 Å². The van der Waals surface area contributed by atoms with Crippen LogP contribution in [0.4, 0.5) is 10.1 Å². The van der Waals surface area contributed by atoms with Gasteiger partial charge in [-0.25, -0.2) is 14.6 Å². The Hall–Kier alpha value is -3.85. The standard InChI is InChI=1S/C24H19BrFN3O4/c1-14-7-9-16(10-8-14)24(32)33-21-6-4-3-5-18(21)15(2)28-29-23(31)22(30)27-20-12-11-17(25)13-19(20)26/h3-13H,1-2H3,(H,27,30)(H,29,31)/b28-15+. The molecule has 2 N–H and O–H groups in total. The highest BCUT2D eigenvalue weighted by Gasteiger charge is 2.17. The Morgan fingerprint density at radius 1 is 0.970 bits per heavy atom. The summed E-state index contributed by atoms with van der Waals surface area (Å²) in [4.78, 5) is 36.6. The summed E-state index contributed by atoms with van der Waals surface area (Å²) in [6, 6.07) is 17.6. The summed E-state index contributed by atoms with van der Waals surface area (Å²) in [6.45, 7) is 3.49. The number of amides is 2. The molecule has 2 amide bonds. The minimum atomic E-state index is -1.09. The van der Waals surface area contributed by atoms with Gasteiger partial charge in [0.25, 0.3) is 0 Å². The first-order valence-corrected chi connectivity index (χ1v) is 10.5. The summed E-state index contributed by atoms with van der Waals surface area (Å²) in [7, 11) is 0. The fourth-order valence-corrected chi connectivity index (χ4v) is 3.05. The normalized spacial score (nSPS) is 11.0. The van der Waals surface area contributed by atoms with Crippen LogP contribution in [0.1, 0.15) is 28.4 Å². The molecule has 9 heteroatoms. The third-order valence-electron chi connectivity index (χ3n) is 4.48. The summed E-state index contributed by atoms with van der Waals surface area (Å²) in [5.74, 6) is -3.19. The van der Waals surface area contributed by atoms with Gasteiger partial charge in [0, 0.05) is 10.0 Å². The van der Waals surface area contributed by atoms with Gasteiger partial charge in [-0.2, -0.15) is 5.10 Å². The summed E-state index contributed by atoms with van der Waals surface area (Å²) in [5, 5.41) is 6.08. The van der Waals surface area contributed by atoms with Crippen LogP contribution in [0.2, 0.25) is 0 Å². The lowest BCUT2D eigenvalue weighted by atomic mass is 10.1. The largest absolute Gasteiger partial charge is 0.422 e. The number of nitrogens with zero attached hydrogens (tertiary/aromatic N) is 1. The van der Waals surface area contributed by atoms with Crippen LogP contribution < -0.4 is 15.5 Å². The Bertz CT molecular complexity index is 1240. The van der Waals surface area contributed by atoms with Crippen molar-refractivity contribution in [1.29, 1.82) is 0 Å². The predicted octanol–water partition coefficient (Wildman–Crippen LogP) is 4.59. The molecule has 0 aliphatic rings. The first kappa shape index (κ1) is 23.8. The first-order valence-electron chi connectivity index (χ1n) is 9.73. The van der Waals surface area contributed by atoms with Crippen molar-refractivity contribution in [3.8, 4) is 5.75 Å². The van der Waals surface area contributed by atoms with Crippen molar-refractivity contribution in [3.63, 3.8) is 0 Å². The highest BCUT2D eigenvalue weighted by atomic mass is 79.9. The van der Waals surface area contributed by atoms with E-state index in [4.69, 9.17) is 4.74 Å². The average Bonchev–Trinajstić information content (AvgIpc) is 2.79. The Labute approximate surface area is 197 Å². The lowest BCUT2D eigenvalue weighted by molar-refractivity contribution is -0.136. The number of halogens is 2. The fourth-order valence-electron chi connectivity index (χ4n) is 2.72. The van der Waals surface area contributed by atoms with E-state index in [0.29, 0.717) is 21.3 Å². The number of aryl methyl sites for hydroxylation is 1. The Kier molecular flexibility index (Phi) is 7.68. The molecule has 0 radical (unpaired) electrons. The van der Waals surface area contributed by atoms with Crippen LogP contribution in [0.15, 0.2) is 76.3 Å². The second kappa shape index (κ2) is 10.6. The van der Waals surface area contributed by atoms with Gasteiger partial charge in [-0.15, -0.1) is 0 Å². The molecule has 0 unspecified atom stereocenters. The van der Waals surface area contributed by atoms with Crippen LogP contribution in [-0.2, 0) is 9.59 Å². The third kappa shape index (κ3) is 6.33. The van der Waals surface area contributed by atoms with E-state index in [0.717, 1.165) is 11.6 Å². The minimum Gasteiger partial charge on any atom is -0.422 e. The lowest BCUT2D eigenvalue weighted by Crippen LogP contribution is -2.33. The smallest absolute Gasteiger partial charge is 0.343 e. The molecule has 7 nitrogen and oxygen atoms in total. The molecule has 0 aliphatic carbocycles. The van der Waals surface area contributed by atoms with Crippen molar-refractivity contribution >= 4 is 45.1 Å². The summed E-state index contributed by atoms with van der Waals surface area (Å²) in [6.07, 6.45) is 0. The number of carbonyl (C=O) groups is 3. The van der Waals surface area contributed by atoms with Gasteiger partial charge in [-0.1, -0.05) is 45.8 Å². The Morgan fingerprint density at radius 2 is 1.67 bits per heavy atom. The molecular formula is C24H19BrFN3O4. The molecule has 3 rings (SSSR count). The molecule has 0 aromatic heterocycles. The van der Waals surface area contributed by atoms with Crippen LogP contribution in [0.3, 0.4) is 0 Å². The Morgan fingerprint density at radius 3 is 2.36 bits per heavy atom. The molecule has 168 valence electrons. The van der Waals surface area contributed by atoms with E-state index >= 15 is 0 Å². The summed E-state index contributed by atoms with van der Waals surface area (Å²) >= 11 is 3.11. The maximum absolute atomic E-state index is 13.9. The molecule has 0 bridgehead atoms. The van der Waals surface area contributed by atoms with Gasteiger partial charge in [0.05, 0.1) is 17.0 Å². The number of esters is 1. The van der Waals surface area contributed by atoms with E-state index in [9.17, 15) is 18.8 Å². The zero-order valence-electron chi connectivity index (χ0n) is 17.7. The molecule has 3 aromatic carbocycles. The highest BCUT2D eigenvalue weighted by molar-refractivity contribution is 9.10. The van der Waals surface area contributed by atoms with Crippen LogP contribution in [0, 0.1) is 12.7 Å². The topological polar surface area (TPSA) is 96.9 Å². The average molecular weight is 512 g/mol. The van der Waals surface area contributed by atoms with Crippen molar-refractivity contribution in [2.24, 2.45) is 5.10 Å². The molecular weight excluding hydrogens is 493 g/mol. The number of anilines is 1. The van der Waals surface area contributed by atoms with Crippen molar-refractivity contribution < 1.29 is 23.5 Å². The SMILES string of the molecule is C/C(=N\NC(=O)C(=O)Nc1ccc(Br)cc1F)c1ccccc1OC(=O)c1ccc(C)cc1. The molecule has 0 heterocycles. The Balaban J connectivity index is 1.69. The van der Waals surface area contributed by atoms with Gasteiger partial charge in [0.2, 0.25) is 0 Å². The molecule has 33 heavy (non-hydrogen) atoms. The number of nitrogens with one attached hydrogen (secondary N) is 2. The van der Waals surface area contributed by atoms with Crippen LogP contribution >= 0.6 is 15.9 Å². The monoisotopic (exact) mass is 511 g/mol. The molecule has 0 fully saturated rings. The van der Waals surface area contributed by atoms with Gasteiger partial charge in [-0.3, -0.25) is 9.59 Å². The maximum atomic E-state index is 13.9. The number of rotatable bonds is 5. The number of hydrogen-bond acceptors (Lipinski definition) is 5. The lowest BCUT2D eigenvalue weighted by Gasteiger charge is -2.10. The van der Waals surface area contributed by atoms with Crippen molar-refractivity contribution in [3.05, 3.63) is 93.7 Å². The molecule has 3 aromatic rings. The van der Waals surface area contributed by atoms with E-state index in [1.807, 2.05) is 6.92 Å². The summed E-state index contributed by atoms with van der Waals surface area (Å²) < 4.78 is 19.8. The zero-order valence-corrected chi connectivity index (χ0v) is 19.3. The van der Waals surface area contributed by atoms with Gasteiger partial charge < -0.3 is 10.1 Å². The van der Waals surface area contributed by atoms with E-state index < -0.39 is 23.6 Å². The third-order valence-corrected chi connectivity index (χ3v) is 4.97. The maximum Gasteiger partial charge on any atom is 0.343 e. The van der Waals surface area contributed by atoms with E-state index in [-0.39, 0.29) is 11.4 Å². The van der Waals surface area contributed by atoms with Crippen LogP contribution in [0.5, 0.6) is 5.75 Å². The van der Waals surface area contributed by atoms with Gasteiger partial charge in [0.15, 0.2) is 0 Å².